The molecule has 0 spiro atoms. The predicted molar refractivity (Wildman–Crippen MR) is 103 cm³/mol. The summed E-state index contributed by atoms with van der Waals surface area (Å²) in [6.07, 6.45) is 0.337. The molecule has 8 heteroatoms. The van der Waals surface area contributed by atoms with Crippen LogP contribution in [0.15, 0.2) is 12.1 Å². The Morgan fingerprint density at radius 2 is 1.19 bits per heavy atom. The summed E-state index contributed by atoms with van der Waals surface area (Å²) in [5.41, 5.74) is 3.32. The Hall–Kier alpha value is -2.18. The van der Waals surface area contributed by atoms with Crippen molar-refractivity contribution in [3.8, 4) is 0 Å². The number of halogens is 2. The fourth-order valence-corrected chi connectivity index (χ4v) is 3.32. The van der Waals surface area contributed by atoms with Crippen molar-refractivity contribution in [2.75, 3.05) is 13.2 Å². The van der Waals surface area contributed by atoms with Crippen LogP contribution in [-0.4, -0.2) is 35.1 Å². The first-order valence-corrected chi connectivity index (χ1v) is 9.08. The molecule has 2 aromatic rings. The molecular formula is C19H20Cl2N2O4. The zero-order valence-electron chi connectivity index (χ0n) is 15.6. The highest BCUT2D eigenvalue weighted by molar-refractivity contribution is 6.33. The van der Waals surface area contributed by atoms with E-state index >= 15 is 0 Å². The van der Waals surface area contributed by atoms with Crippen LogP contribution >= 0.6 is 23.2 Å². The lowest BCUT2D eigenvalue weighted by Gasteiger charge is -2.11. The van der Waals surface area contributed by atoms with Crippen molar-refractivity contribution in [3.63, 3.8) is 0 Å². The van der Waals surface area contributed by atoms with Gasteiger partial charge in [-0.05, 0) is 51.0 Å². The average Bonchev–Trinajstić information content (AvgIpc) is 2.52. The predicted octanol–water partition coefficient (Wildman–Crippen LogP) is 4.42. The number of hydrogen-bond acceptors (Lipinski definition) is 6. The first kappa shape index (κ1) is 21.1. The van der Waals surface area contributed by atoms with Gasteiger partial charge in [0.15, 0.2) is 0 Å². The van der Waals surface area contributed by atoms with E-state index < -0.39 is 11.9 Å². The number of carbonyl (C=O) groups excluding carboxylic acids is 2. The van der Waals surface area contributed by atoms with Crippen LogP contribution in [0.3, 0.4) is 0 Å². The average molecular weight is 411 g/mol. The van der Waals surface area contributed by atoms with E-state index in [-0.39, 0.29) is 34.6 Å². The van der Waals surface area contributed by atoms with Gasteiger partial charge in [0.25, 0.3) is 0 Å². The summed E-state index contributed by atoms with van der Waals surface area (Å²) in [5, 5.41) is 0.224. The Balaban J connectivity index is 1.84. The molecule has 0 N–H and O–H groups in total. The number of rotatable bonds is 6. The smallest absolute Gasteiger partial charge is 0.341 e. The van der Waals surface area contributed by atoms with Crippen LogP contribution in [0.2, 0.25) is 10.3 Å². The molecular weight excluding hydrogens is 391 g/mol. The second-order valence-corrected chi connectivity index (χ2v) is 6.83. The molecule has 0 aliphatic rings. The second-order valence-electron chi connectivity index (χ2n) is 6.12. The number of pyridine rings is 2. The SMILES string of the molecule is Cc1cc(C)c(C(=O)OCCCOC(=O)c2c(C)cc(C)nc2Cl)c(Cl)n1. The van der Waals surface area contributed by atoms with E-state index in [2.05, 4.69) is 9.97 Å². The maximum atomic E-state index is 12.2. The van der Waals surface area contributed by atoms with Gasteiger partial charge in [-0.15, -0.1) is 0 Å². The molecule has 0 amide bonds. The van der Waals surface area contributed by atoms with Gasteiger partial charge in [-0.1, -0.05) is 23.2 Å². The number of esters is 2. The number of nitrogens with zero attached hydrogens (tertiary/aromatic N) is 2. The van der Waals surface area contributed by atoms with Crippen molar-refractivity contribution in [2.45, 2.75) is 34.1 Å². The van der Waals surface area contributed by atoms with Gasteiger partial charge in [0.05, 0.1) is 24.3 Å². The van der Waals surface area contributed by atoms with Crippen LogP contribution < -0.4 is 0 Å². The van der Waals surface area contributed by atoms with Gasteiger partial charge in [0.1, 0.15) is 10.3 Å². The fourth-order valence-electron chi connectivity index (χ4n) is 2.61. The summed E-state index contributed by atoms with van der Waals surface area (Å²) in [6, 6.07) is 3.51. The van der Waals surface area contributed by atoms with E-state index in [4.69, 9.17) is 32.7 Å². The molecule has 27 heavy (non-hydrogen) atoms. The van der Waals surface area contributed by atoms with Gasteiger partial charge < -0.3 is 9.47 Å². The zero-order chi connectivity index (χ0) is 20.1. The molecule has 0 saturated heterocycles. The van der Waals surface area contributed by atoms with Crippen LogP contribution in [0.4, 0.5) is 0 Å². The maximum Gasteiger partial charge on any atom is 0.341 e. The Kier molecular flexibility index (Phi) is 7.16. The van der Waals surface area contributed by atoms with Gasteiger partial charge in [-0.3, -0.25) is 0 Å². The van der Waals surface area contributed by atoms with Crippen LogP contribution in [0.5, 0.6) is 0 Å². The van der Waals surface area contributed by atoms with E-state index in [9.17, 15) is 9.59 Å². The highest BCUT2D eigenvalue weighted by atomic mass is 35.5. The molecule has 0 saturated carbocycles. The minimum atomic E-state index is -0.557. The molecule has 0 aliphatic carbocycles. The molecule has 2 rings (SSSR count). The summed E-state index contributed by atoms with van der Waals surface area (Å²) < 4.78 is 10.4. The normalized spacial score (nSPS) is 10.6. The number of aromatic nitrogens is 2. The van der Waals surface area contributed by atoms with Gasteiger partial charge in [-0.2, -0.15) is 0 Å². The van der Waals surface area contributed by atoms with Gasteiger partial charge in [0, 0.05) is 17.8 Å². The zero-order valence-corrected chi connectivity index (χ0v) is 17.1. The molecule has 0 aliphatic heterocycles. The largest absolute Gasteiger partial charge is 0.462 e. The summed E-state index contributed by atoms with van der Waals surface area (Å²) in [6.45, 7) is 7.27. The van der Waals surface area contributed by atoms with Crippen LogP contribution in [0, 0.1) is 27.7 Å². The van der Waals surface area contributed by atoms with Crippen LogP contribution in [0.25, 0.3) is 0 Å². The van der Waals surface area contributed by atoms with Crippen molar-refractivity contribution in [1.29, 1.82) is 0 Å². The van der Waals surface area contributed by atoms with Crippen molar-refractivity contribution >= 4 is 35.1 Å². The minimum absolute atomic E-state index is 0.0780. The Morgan fingerprint density at radius 3 is 1.52 bits per heavy atom. The topological polar surface area (TPSA) is 78.4 Å². The first-order chi connectivity index (χ1) is 12.7. The van der Waals surface area contributed by atoms with E-state index in [0.717, 1.165) is 11.4 Å². The third-order valence-corrected chi connectivity index (χ3v) is 4.31. The molecule has 6 nitrogen and oxygen atoms in total. The maximum absolute atomic E-state index is 12.2. The highest BCUT2D eigenvalue weighted by Crippen LogP contribution is 2.21. The molecule has 0 unspecified atom stereocenters. The lowest BCUT2D eigenvalue weighted by molar-refractivity contribution is 0.0395. The Labute approximate surface area is 167 Å². The third kappa shape index (κ3) is 5.40. The highest BCUT2D eigenvalue weighted by Gasteiger charge is 2.18. The number of carbonyl (C=O) groups is 2. The van der Waals surface area contributed by atoms with E-state index in [0.29, 0.717) is 17.5 Å². The molecule has 0 fully saturated rings. The fraction of sp³-hybridized carbons (Fsp3) is 0.368. The molecule has 2 heterocycles. The van der Waals surface area contributed by atoms with Gasteiger partial charge in [0.2, 0.25) is 0 Å². The Morgan fingerprint density at radius 1 is 0.815 bits per heavy atom. The van der Waals surface area contributed by atoms with Gasteiger partial charge in [-0.25, -0.2) is 19.6 Å². The molecule has 2 aromatic heterocycles. The quantitative estimate of drug-likeness (QED) is 0.398. The number of aryl methyl sites for hydroxylation is 4. The van der Waals surface area contributed by atoms with Crippen molar-refractivity contribution in [2.24, 2.45) is 0 Å². The third-order valence-electron chi connectivity index (χ3n) is 3.76. The summed E-state index contributed by atoms with van der Waals surface area (Å²) >= 11 is 12.0. The first-order valence-electron chi connectivity index (χ1n) is 8.32. The molecule has 0 atom stereocenters. The van der Waals surface area contributed by atoms with Gasteiger partial charge >= 0.3 is 11.9 Å². The Bertz CT molecular complexity index is 766. The van der Waals surface area contributed by atoms with Crippen molar-refractivity contribution < 1.29 is 19.1 Å². The summed E-state index contributed by atoms with van der Waals surface area (Å²) in [5.74, 6) is -1.11. The standard InChI is InChI=1S/C19H20Cl2N2O4/c1-10-8-12(3)22-16(20)14(10)18(24)26-6-5-7-27-19(25)15-11(2)9-13(4)23-17(15)21/h8-9H,5-7H2,1-4H3. The molecule has 0 radical (unpaired) electrons. The van der Waals surface area contributed by atoms with Crippen LogP contribution in [-0.2, 0) is 9.47 Å². The molecule has 0 bridgehead atoms. The van der Waals surface area contributed by atoms with Crippen LogP contribution in [0.1, 0.15) is 49.7 Å². The van der Waals surface area contributed by atoms with E-state index in [1.54, 1.807) is 39.8 Å². The monoisotopic (exact) mass is 410 g/mol. The number of ether oxygens (including phenoxy) is 2. The summed E-state index contributed by atoms with van der Waals surface area (Å²) in [7, 11) is 0. The summed E-state index contributed by atoms with van der Waals surface area (Å²) in [4.78, 5) is 32.4. The van der Waals surface area contributed by atoms with E-state index in [1.165, 1.54) is 0 Å². The van der Waals surface area contributed by atoms with Crippen molar-refractivity contribution in [3.05, 3.63) is 56.1 Å². The lowest BCUT2D eigenvalue weighted by Crippen LogP contribution is -2.14. The molecule has 0 aromatic carbocycles. The molecule has 144 valence electrons. The second kappa shape index (κ2) is 9.15. The van der Waals surface area contributed by atoms with E-state index in [1.807, 2.05) is 0 Å². The lowest BCUT2D eigenvalue weighted by atomic mass is 10.1. The number of hydrogen-bond donors (Lipinski definition) is 0. The van der Waals surface area contributed by atoms with Crippen molar-refractivity contribution in [1.82, 2.24) is 9.97 Å². The minimum Gasteiger partial charge on any atom is -0.462 e.